The smallest absolute Gasteiger partial charge is 0.317 e. The molecule has 2 N–H and O–H groups in total. The van der Waals surface area contributed by atoms with E-state index in [1.807, 2.05) is 15.4 Å². The summed E-state index contributed by atoms with van der Waals surface area (Å²) in [6.07, 6.45) is 12.6. The van der Waals surface area contributed by atoms with E-state index in [2.05, 4.69) is 20.6 Å². The van der Waals surface area contributed by atoms with Crippen LogP contribution in [0.3, 0.4) is 0 Å². The highest BCUT2D eigenvalue weighted by Gasteiger charge is 2.26. The zero-order valence-electron chi connectivity index (χ0n) is 20.6. The SMILES string of the molecule is O=C(NC1CCCCC1)N1CCC(Nc2nccc(-c3c(-c4ccc(F)cc4)nc4occn34)n2)CC1. The molecule has 2 aliphatic rings. The number of fused-ring (bicyclic) bond motifs is 1. The summed E-state index contributed by atoms with van der Waals surface area (Å²) in [6.45, 7) is 1.39. The standard InChI is InChI=1S/C27H30FN7O2/c28-19-8-6-18(7-9-19)23-24(35-16-17-37-27(35)33-23)22-10-13-29-25(32-22)30-21-11-14-34(15-12-21)26(36)31-20-4-2-1-3-5-20/h6-10,13,16-17,20-21H,1-5,11-12,14-15H2,(H,31,36)(H,29,30,32). The van der Waals surface area contributed by atoms with Crippen LogP contribution in [0.25, 0.3) is 28.5 Å². The second-order valence-corrected chi connectivity index (χ2v) is 9.83. The van der Waals surface area contributed by atoms with E-state index in [1.165, 1.54) is 31.4 Å². The molecule has 1 saturated carbocycles. The number of oxazole rings is 1. The molecule has 2 amide bonds. The van der Waals surface area contributed by atoms with E-state index in [9.17, 15) is 9.18 Å². The molecule has 2 fully saturated rings. The van der Waals surface area contributed by atoms with Crippen molar-refractivity contribution in [2.45, 2.75) is 57.0 Å². The van der Waals surface area contributed by atoms with Gasteiger partial charge in [0.25, 0.3) is 0 Å². The lowest BCUT2D eigenvalue weighted by atomic mass is 9.95. The van der Waals surface area contributed by atoms with Crippen molar-refractivity contribution in [3.8, 4) is 22.6 Å². The third kappa shape index (κ3) is 5.00. The van der Waals surface area contributed by atoms with Gasteiger partial charge >= 0.3 is 11.9 Å². The summed E-state index contributed by atoms with van der Waals surface area (Å²) in [5.74, 6) is 0.645. The Morgan fingerprint density at radius 2 is 1.76 bits per heavy atom. The highest BCUT2D eigenvalue weighted by atomic mass is 19.1. The minimum Gasteiger partial charge on any atom is -0.432 e. The van der Waals surface area contributed by atoms with Crippen LogP contribution in [-0.2, 0) is 0 Å². The molecule has 0 radical (unpaired) electrons. The lowest BCUT2D eigenvalue weighted by molar-refractivity contribution is 0.176. The third-order valence-corrected chi connectivity index (χ3v) is 7.33. The van der Waals surface area contributed by atoms with Gasteiger partial charge in [-0.2, -0.15) is 4.98 Å². The Bertz CT molecular complexity index is 1370. The van der Waals surface area contributed by atoms with E-state index < -0.39 is 0 Å². The van der Waals surface area contributed by atoms with Gasteiger partial charge < -0.3 is 20.0 Å². The van der Waals surface area contributed by atoms with E-state index in [0.717, 1.165) is 36.9 Å². The van der Waals surface area contributed by atoms with Gasteiger partial charge in [0, 0.05) is 43.1 Å². The van der Waals surface area contributed by atoms with E-state index in [4.69, 9.17) is 9.40 Å². The summed E-state index contributed by atoms with van der Waals surface area (Å²) in [4.78, 5) is 28.4. The topological polar surface area (TPSA) is 101 Å². The van der Waals surface area contributed by atoms with Gasteiger partial charge in [-0.25, -0.2) is 19.2 Å². The Hall–Kier alpha value is -3.95. The van der Waals surface area contributed by atoms with E-state index >= 15 is 0 Å². The van der Waals surface area contributed by atoms with Crippen LogP contribution in [0.5, 0.6) is 0 Å². The van der Waals surface area contributed by atoms with Crippen LogP contribution in [0.1, 0.15) is 44.9 Å². The van der Waals surface area contributed by atoms with Crippen LogP contribution in [0.2, 0.25) is 0 Å². The molecule has 1 saturated heterocycles. The van der Waals surface area contributed by atoms with Gasteiger partial charge in [-0.3, -0.25) is 4.40 Å². The molecular formula is C27H30FN7O2. The number of aromatic nitrogens is 4. The fraction of sp³-hybridized carbons (Fsp3) is 0.407. The fourth-order valence-electron chi connectivity index (χ4n) is 5.32. The predicted molar refractivity (Wildman–Crippen MR) is 138 cm³/mol. The molecule has 4 aromatic rings. The number of rotatable bonds is 5. The van der Waals surface area contributed by atoms with Crippen LogP contribution in [0.15, 0.2) is 53.4 Å². The van der Waals surface area contributed by atoms with Gasteiger partial charge in [0.2, 0.25) is 5.95 Å². The quantitative estimate of drug-likeness (QED) is 0.393. The number of halogens is 1. The number of nitrogens with one attached hydrogen (secondary N) is 2. The summed E-state index contributed by atoms with van der Waals surface area (Å²) >= 11 is 0. The molecule has 9 nitrogen and oxygen atoms in total. The van der Waals surface area contributed by atoms with Gasteiger partial charge in [-0.15, -0.1) is 0 Å². The molecule has 37 heavy (non-hydrogen) atoms. The molecule has 0 unspecified atom stereocenters. The van der Waals surface area contributed by atoms with Crippen molar-refractivity contribution < 1.29 is 13.6 Å². The average molecular weight is 504 g/mol. The average Bonchev–Trinajstić information content (AvgIpc) is 3.52. The van der Waals surface area contributed by atoms with Crippen molar-refractivity contribution in [2.24, 2.45) is 0 Å². The Labute approximate surface area is 214 Å². The molecule has 192 valence electrons. The van der Waals surface area contributed by atoms with Crippen molar-refractivity contribution in [3.05, 3.63) is 54.8 Å². The largest absolute Gasteiger partial charge is 0.432 e. The predicted octanol–water partition coefficient (Wildman–Crippen LogP) is 5.11. The number of piperidine rings is 1. The summed E-state index contributed by atoms with van der Waals surface area (Å²) in [6, 6.07) is 8.58. The van der Waals surface area contributed by atoms with Crippen LogP contribution in [0.4, 0.5) is 15.1 Å². The maximum atomic E-state index is 13.5. The second kappa shape index (κ2) is 10.2. The Balaban J connectivity index is 1.15. The Kier molecular flexibility index (Phi) is 6.46. The third-order valence-electron chi connectivity index (χ3n) is 7.33. The lowest BCUT2D eigenvalue weighted by Gasteiger charge is -2.34. The van der Waals surface area contributed by atoms with Crippen LogP contribution >= 0.6 is 0 Å². The molecule has 10 heteroatoms. The molecule has 0 spiro atoms. The molecule has 0 atom stereocenters. The minimum atomic E-state index is -0.306. The number of carbonyl (C=O) groups excluding carboxylic acids is 1. The van der Waals surface area contributed by atoms with Crippen molar-refractivity contribution in [1.29, 1.82) is 0 Å². The maximum absolute atomic E-state index is 13.5. The minimum absolute atomic E-state index is 0.0572. The normalized spacial score (nSPS) is 17.3. The summed E-state index contributed by atoms with van der Waals surface area (Å²) in [5.41, 5.74) is 2.84. The number of amides is 2. The first kappa shape index (κ1) is 23.4. The number of benzene rings is 1. The van der Waals surface area contributed by atoms with E-state index in [0.29, 0.717) is 42.3 Å². The number of likely N-dealkylation sites (tertiary alicyclic amines) is 1. The first-order chi connectivity index (χ1) is 18.1. The Morgan fingerprint density at radius 1 is 0.973 bits per heavy atom. The van der Waals surface area contributed by atoms with Gasteiger partial charge in [0.1, 0.15) is 23.5 Å². The number of imidazole rings is 1. The molecule has 6 rings (SSSR count). The number of nitrogens with zero attached hydrogens (tertiary/aromatic N) is 5. The summed E-state index contributed by atoms with van der Waals surface area (Å²) < 4.78 is 20.9. The van der Waals surface area contributed by atoms with Gasteiger partial charge in [0.15, 0.2) is 0 Å². The number of hydrogen-bond acceptors (Lipinski definition) is 6. The molecule has 1 aliphatic carbocycles. The zero-order valence-corrected chi connectivity index (χ0v) is 20.6. The molecular weight excluding hydrogens is 473 g/mol. The van der Waals surface area contributed by atoms with E-state index in [1.54, 1.807) is 30.8 Å². The molecule has 4 heterocycles. The first-order valence-electron chi connectivity index (χ1n) is 13.0. The highest BCUT2D eigenvalue weighted by Crippen LogP contribution is 2.32. The second-order valence-electron chi connectivity index (χ2n) is 9.83. The molecule has 1 aromatic carbocycles. The highest BCUT2D eigenvalue weighted by molar-refractivity contribution is 5.79. The number of anilines is 1. The first-order valence-corrected chi connectivity index (χ1v) is 13.0. The fourth-order valence-corrected chi connectivity index (χ4v) is 5.32. The molecule has 1 aliphatic heterocycles. The summed E-state index contributed by atoms with van der Waals surface area (Å²) in [5, 5.41) is 6.66. The maximum Gasteiger partial charge on any atom is 0.317 e. The van der Waals surface area contributed by atoms with Crippen molar-refractivity contribution >= 4 is 17.8 Å². The monoisotopic (exact) mass is 503 g/mol. The van der Waals surface area contributed by atoms with E-state index in [-0.39, 0.29) is 17.9 Å². The molecule has 3 aromatic heterocycles. The van der Waals surface area contributed by atoms with Gasteiger partial charge in [0.05, 0.1) is 5.69 Å². The van der Waals surface area contributed by atoms with Crippen LogP contribution in [0, 0.1) is 5.82 Å². The van der Waals surface area contributed by atoms with Crippen molar-refractivity contribution in [3.63, 3.8) is 0 Å². The van der Waals surface area contributed by atoms with Crippen molar-refractivity contribution in [1.82, 2.24) is 29.6 Å². The number of urea groups is 1. The number of carbonyl (C=O) groups is 1. The lowest BCUT2D eigenvalue weighted by Crippen LogP contribution is -2.49. The summed E-state index contributed by atoms with van der Waals surface area (Å²) in [7, 11) is 0. The van der Waals surface area contributed by atoms with Gasteiger partial charge in [-0.1, -0.05) is 19.3 Å². The van der Waals surface area contributed by atoms with Crippen LogP contribution < -0.4 is 10.6 Å². The van der Waals surface area contributed by atoms with Crippen LogP contribution in [-0.4, -0.2) is 55.5 Å². The van der Waals surface area contributed by atoms with Gasteiger partial charge in [-0.05, 0) is 56.0 Å². The Morgan fingerprint density at radius 3 is 2.54 bits per heavy atom. The number of hydrogen-bond donors (Lipinski definition) is 2. The molecule has 0 bridgehead atoms. The van der Waals surface area contributed by atoms with Crippen molar-refractivity contribution in [2.75, 3.05) is 18.4 Å². The zero-order chi connectivity index (χ0) is 25.2.